The molecule has 2 amide bonds. The maximum atomic E-state index is 12.2. The number of carbonyl (C=O) groups excluding carboxylic acids is 3. The Kier molecular flexibility index (Phi) is 4.79. The van der Waals surface area contributed by atoms with Gasteiger partial charge in [0.25, 0.3) is 11.8 Å². The average Bonchev–Trinajstić information content (AvgIpc) is 2.88. The fourth-order valence-electron chi connectivity index (χ4n) is 2.60. The highest BCUT2D eigenvalue weighted by molar-refractivity contribution is 6.21. The molecule has 0 aromatic heterocycles. The minimum absolute atomic E-state index is 0.159. The number of ether oxygens (including phenoxy) is 2. The van der Waals surface area contributed by atoms with E-state index in [1.54, 1.807) is 55.5 Å². The number of benzene rings is 2. The van der Waals surface area contributed by atoms with Gasteiger partial charge in [-0.2, -0.15) is 0 Å². The minimum atomic E-state index is -0.389. The third-order valence-electron chi connectivity index (χ3n) is 3.83. The summed E-state index contributed by atoms with van der Waals surface area (Å²) in [5.41, 5.74) is 1.28. The second kappa shape index (κ2) is 7.17. The van der Waals surface area contributed by atoms with Crippen molar-refractivity contribution in [2.45, 2.75) is 6.92 Å². The summed E-state index contributed by atoms with van der Waals surface area (Å²) in [6.07, 6.45) is 0. The summed E-state index contributed by atoms with van der Waals surface area (Å²) < 4.78 is 10.5. The highest BCUT2D eigenvalue weighted by Gasteiger charge is 2.34. The largest absolute Gasteiger partial charge is 0.492 e. The molecular formula is C19H17NO5. The van der Waals surface area contributed by atoms with Crippen LogP contribution in [-0.2, 0) is 4.74 Å². The Labute approximate surface area is 145 Å². The van der Waals surface area contributed by atoms with Crippen LogP contribution in [0.3, 0.4) is 0 Å². The van der Waals surface area contributed by atoms with Crippen molar-refractivity contribution in [2.75, 3.05) is 19.8 Å². The Hall–Kier alpha value is -3.15. The van der Waals surface area contributed by atoms with E-state index in [0.29, 0.717) is 29.0 Å². The van der Waals surface area contributed by atoms with Crippen LogP contribution < -0.4 is 4.74 Å². The summed E-state index contributed by atoms with van der Waals surface area (Å²) in [7, 11) is 0. The first-order valence-corrected chi connectivity index (χ1v) is 7.97. The zero-order chi connectivity index (χ0) is 17.8. The zero-order valence-corrected chi connectivity index (χ0v) is 13.7. The van der Waals surface area contributed by atoms with Crippen LogP contribution in [0.1, 0.15) is 38.0 Å². The van der Waals surface area contributed by atoms with E-state index in [4.69, 9.17) is 9.47 Å². The van der Waals surface area contributed by atoms with Gasteiger partial charge < -0.3 is 9.47 Å². The van der Waals surface area contributed by atoms with Crippen LogP contribution in [-0.4, -0.2) is 42.4 Å². The highest BCUT2D eigenvalue weighted by Crippen LogP contribution is 2.22. The molecule has 25 heavy (non-hydrogen) atoms. The standard InChI is InChI=1S/C19H17NO5/c1-2-24-19(23)13-7-9-14(10-8-13)25-12-11-20-17(21)15-5-3-4-6-16(15)18(20)22/h3-10H,2,11-12H2,1H3. The number of nitrogens with zero attached hydrogens (tertiary/aromatic N) is 1. The molecule has 2 aromatic rings. The molecule has 0 saturated carbocycles. The Balaban J connectivity index is 1.56. The molecule has 6 nitrogen and oxygen atoms in total. The van der Waals surface area contributed by atoms with Gasteiger partial charge in [-0.1, -0.05) is 12.1 Å². The Bertz CT molecular complexity index is 778. The number of fused-ring (bicyclic) bond motifs is 1. The molecule has 0 radical (unpaired) electrons. The SMILES string of the molecule is CCOC(=O)c1ccc(OCCN2C(=O)c3ccccc3C2=O)cc1. The predicted molar refractivity (Wildman–Crippen MR) is 89.7 cm³/mol. The van der Waals surface area contributed by atoms with Crippen LogP contribution in [0, 0.1) is 0 Å². The van der Waals surface area contributed by atoms with E-state index < -0.39 is 0 Å². The summed E-state index contributed by atoms with van der Waals surface area (Å²) in [6, 6.07) is 13.3. The number of carbonyl (C=O) groups is 3. The van der Waals surface area contributed by atoms with Gasteiger partial charge in [0, 0.05) is 0 Å². The summed E-state index contributed by atoms with van der Waals surface area (Å²) in [6.45, 7) is 2.39. The number of rotatable bonds is 6. The van der Waals surface area contributed by atoms with Gasteiger partial charge in [0.2, 0.25) is 0 Å². The van der Waals surface area contributed by atoms with E-state index in [1.807, 2.05) is 0 Å². The Morgan fingerprint density at radius 1 is 0.960 bits per heavy atom. The first-order chi connectivity index (χ1) is 12.1. The van der Waals surface area contributed by atoms with Crippen LogP contribution >= 0.6 is 0 Å². The third kappa shape index (κ3) is 3.38. The molecule has 2 aromatic carbocycles. The predicted octanol–water partition coefficient (Wildman–Crippen LogP) is 2.54. The normalized spacial score (nSPS) is 12.9. The lowest BCUT2D eigenvalue weighted by atomic mass is 10.1. The molecule has 0 atom stereocenters. The number of amides is 2. The van der Waals surface area contributed by atoms with Crippen LogP contribution in [0.25, 0.3) is 0 Å². The van der Waals surface area contributed by atoms with Gasteiger partial charge in [-0.3, -0.25) is 14.5 Å². The smallest absolute Gasteiger partial charge is 0.338 e. The van der Waals surface area contributed by atoms with Crippen LogP contribution in [0.15, 0.2) is 48.5 Å². The van der Waals surface area contributed by atoms with Gasteiger partial charge in [-0.05, 0) is 43.3 Å². The van der Waals surface area contributed by atoms with Gasteiger partial charge in [-0.15, -0.1) is 0 Å². The van der Waals surface area contributed by atoms with Crippen molar-refractivity contribution in [1.82, 2.24) is 4.90 Å². The molecule has 0 unspecified atom stereocenters. The Morgan fingerprint density at radius 3 is 2.12 bits per heavy atom. The molecule has 1 aliphatic rings. The second-order valence-electron chi connectivity index (χ2n) is 5.40. The summed E-state index contributed by atoms with van der Waals surface area (Å²) in [5.74, 6) is -0.451. The molecule has 1 heterocycles. The topological polar surface area (TPSA) is 72.9 Å². The highest BCUT2D eigenvalue weighted by atomic mass is 16.5. The number of hydrogen-bond donors (Lipinski definition) is 0. The van der Waals surface area contributed by atoms with Gasteiger partial charge in [0.15, 0.2) is 0 Å². The van der Waals surface area contributed by atoms with E-state index in [-0.39, 0.29) is 30.9 Å². The molecule has 3 rings (SSSR count). The van der Waals surface area contributed by atoms with Crippen LogP contribution in [0.5, 0.6) is 5.75 Å². The van der Waals surface area contributed by atoms with Gasteiger partial charge >= 0.3 is 5.97 Å². The van der Waals surface area contributed by atoms with Crippen molar-refractivity contribution in [3.05, 3.63) is 65.2 Å². The van der Waals surface area contributed by atoms with Crippen molar-refractivity contribution in [3.8, 4) is 5.75 Å². The van der Waals surface area contributed by atoms with Gasteiger partial charge in [0.05, 0.1) is 29.8 Å². The molecule has 128 valence electrons. The first-order valence-electron chi connectivity index (χ1n) is 7.97. The molecule has 0 fully saturated rings. The maximum Gasteiger partial charge on any atom is 0.338 e. The first kappa shape index (κ1) is 16.7. The van der Waals surface area contributed by atoms with E-state index in [0.717, 1.165) is 0 Å². The molecule has 0 bridgehead atoms. The monoisotopic (exact) mass is 339 g/mol. The molecular weight excluding hydrogens is 322 g/mol. The van der Waals surface area contributed by atoms with Crippen molar-refractivity contribution in [1.29, 1.82) is 0 Å². The second-order valence-corrected chi connectivity index (χ2v) is 5.40. The zero-order valence-electron chi connectivity index (χ0n) is 13.7. The molecule has 6 heteroatoms. The van der Waals surface area contributed by atoms with Crippen molar-refractivity contribution in [3.63, 3.8) is 0 Å². The van der Waals surface area contributed by atoms with Crippen LogP contribution in [0.4, 0.5) is 0 Å². The van der Waals surface area contributed by atoms with E-state index in [2.05, 4.69) is 0 Å². The summed E-state index contributed by atoms with van der Waals surface area (Å²) in [5, 5.41) is 0. The maximum absolute atomic E-state index is 12.2. The molecule has 1 aliphatic heterocycles. The van der Waals surface area contributed by atoms with E-state index in [1.165, 1.54) is 4.90 Å². The average molecular weight is 339 g/mol. The van der Waals surface area contributed by atoms with Crippen LogP contribution in [0.2, 0.25) is 0 Å². The van der Waals surface area contributed by atoms with Gasteiger partial charge in [-0.25, -0.2) is 4.79 Å². The third-order valence-corrected chi connectivity index (χ3v) is 3.83. The van der Waals surface area contributed by atoms with Crippen molar-refractivity contribution in [2.24, 2.45) is 0 Å². The lowest BCUT2D eigenvalue weighted by molar-refractivity contribution is 0.0524. The molecule has 0 spiro atoms. The molecule has 0 aliphatic carbocycles. The van der Waals surface area contributed by atoms with Crippen molar-refractivity contribution >= 4 is 17.8 Å². The molecule has 0 saturated heterocycles. The van der Waals surface area contributed by atoms with E-state index in [9.17, 15) is 14.4 Å². The summed E-state index contributed by atoms with van der Waals surface area (Å²) >= 11 is 0. The fraction of sp³-hybridized carbons (Fsp3) is 0.211. The van der Waals surface area contributed by atoms with Crippen molar-refractivity contribution < 1.29 is 23.9 Å². The number of esters is 1. The van der Waals surface area contributed by atoms with E-state index >= 15 is 0 Å². The molecule has 0 N–H and O–H groups in total. The Morgan fingerprint density at radius 2 is 1.56 bits per heavy atom. The number of hydrogen-bond acceptors (Lipinski definition) is 5. The lowest BCUT2D eigenvalue weighted by Gasteiger charge is -2.14. The van der Waals surface area contributed by atoms with Gasteiger partial charge in [0.1, 0.15) is 12.4 Å². The lowest BCUT2D eigenvalue weighted by Crippen LogP contribution is -2.33. The minimum Gasteiger partial charge on any atom is -0.492 e. The summed E-state index contributed by atoms with van der Waals surface area (Å²) in [4.78, 5) is 37.2. The fourth-order valence-corrected chi connectivity index (χ4v) is 2.60. The number of imide groups is 1. The quantitative estimate of drug-likeness (QED) is 0.597.